The molecule has 0 saturated heterocycles. The van der Waals surface area contributed by atoms with Crippen LogP contribution < -0.4 is 5.73 Å². The molecule has 3 rings (SSSR count). The van der Waals surface area contributed by atoms with Crippen LogP contribution in [0.15, 0.2) is 60.7 Å². The minimum Gasteiger partial charge on any atom is -0.319 e. The van der Waals surface area contributed by atoms with Crippen molar-refractivity contribution in [3.05, 3.63) is 77.5 Å². The average Bonchev–Trinajstić information content (AvgIpc) is 2.54. The minimum atomic E-state index is -0.175. The largest absolute Gasteiger partial charge is 0.319 e. The van der Waals surface area contributed by atoms with Crippen molar-refractivity contribution in [3.8, 4) is 0 Å². The maximum Gasteiger partial charge on any atom is 0.0726 e. The van der Waals surface area contributed by atoms with E-state index in [1.807, 2.05) is 24.3 Å². The predicted molar refractivity (Wildman–Crippen MR) is 83.6 cm³/mol. The molecule has 2 nitrogen and oxygen atoms in total. The highest BCUT2D eigenvalue weighted by Crippen LogP contribution is 2.21. The smallest absolute Gasteiger partial charge is 0.0726 e. The summed E-state index contributed by atoms with van der Waals surface area (Å²) in [5.41, 5.74) is 10.7. The number of benzene rings is 2. The Balaban J connectivity index is 1.96. The van der Waals surface area contributed by atoms with Gasteiger partial charge in [0.25, 0.3) is 0 Å². The molecule has 0 aliphatic heterocycles. The molecular weight excluding hydrogens is 244 g/mol. The minimum absolute atomic E-state index is 0.175. The number of hydrogen-bond donors (Lipinski definition) is 1. The van der Waals surface area contributed by atoms with Gasteiger partial charge in [-0.15, -0.1) is 0 Å². The molecule has 0 radical (unpaired) electrons. The number of hydrogen-bond acceptors (Lipinski definition) is 2. The van der Waals surface area contributed by atoms with Crippen molar-refractivity contribution in [2.75, 3.05) is 0 Å². The Hall–Kier alpha value is -2.19. The van der Waals surface area contributed by atoms with E-state index in [1.165, 1.54) is 5.56 Å². The van der Waals surface area contributed by atoms with Crippen LogP contribution in [0.4, 0.5) is 0 Å². The van der Waals surface area contributed by atoms with Crippen molar-refractivity contribution in [1.29, 1.82) is 0 Å². The van der Waals surface area contributed by atoms with Crippen LogP contribution in [0.25, 0.3) is 10.9 Å². The molecule has 0 fully saturated rings. The summed E-state index contributed by atoms with van der Waals surface area (Å²) in [5.74, 6) is 0. The van der Waals surface area contributed by atoms with Crippen molar-refractivity contribution >= 4 is 10.9 Å². The van der Waals surface area contributed by atoms with Gasteiger partial charge in [0.2, 0.25) is 0 Å². The molecule has 0 amide bonds. The Morgan fingerprint density at radius 3 is 2.45 bits per heavy atom. The maximum atomic E-state index is 6.34. The van der Waals surface area contributed by atoms with Crippen molar-refractivity contribution in [3.63, 3.8) is 0 Å². The molecule has 2 aromatic carbocycles. The van der Waals surface area contributed by atoms with Crippen LogP contribution in [0.1, 0.15) is 29.8 Å². The molecule has 1 aromatic heterocycles. The number of aromatic nitrogens is 1. The molecule has 1 atom stereocenters. The fourth-order valence-corrected chi connectivity index (χ4v) is 2.39. The monoisotopic (exact) mass is 262 g/mol. The van der Waals surface area contributed by atoms with Crippen LogP contribution in [0.5, 0.6) is 0 Å². The molecule has 100 valence electrons. The van der Waals surface area contributed by atoms with Gasteiger partial charge < -0.3 is 5.73 Å². The summed E-state index contributed by atoms with van der Waals surface area (Å²) in [6.45, 7) is 2.15. The number of fused-ring (bicyclic) bond motifs is 1. The average molecular weight is 262 g/mol. The lowest BCUT2D eigenvalue weighted by atomic mass is 10.0. The Labute approximate surface area is 119 Å². The van der Waals surface area contributed by atoms with Gasteiger partial charge in [0, 0.05) is 5.39 Å². The molecule has 0 spiro atoms. The van der Waals surface area contributed by atoms with Crippen molar-refractivity contribution < 1.29 is 0 Å². The van der Waals surface area contributed by atoms with E-state index in [1.54, 1.807) is 0 Å². The number of nitrogens with two attached hydrogens (primary N) is 1. The molecule has 0 aliphatic rings. The molecule has 0 aliphatic carbocycles. The van der Waals surface area contributed by atoms with Gasteiger partial charge >= 0.3 is 0 Å². The summed E-state index contributed by atoms with van der Waals surface area (Å²) in [7, 11) is 0. The lowest BCUT2D eigenvalue weighted by Gasteiger charge is -2.13. The number of nitrogens with zero attached hydrogens (tertiary/aromatic N) is 1. The molecule has 2 heteroatoms. The van der Waals surface area contributed by atoms with Gasteiger partial charge in [0.15, 0.2) is 0 Å². The highest BCUT2D eigenvalue weighted by atomic mass is 14.8. The van der Waals surface area contributed by atoms with E-state index < -0.39 is 0 Å². The number of pyridine rings is 1. The molecule has 2 N–H and O–H groups in total. The lowest BCUT2D eigenvalue weighted by Crippen LogP contribution is -2.13. The van der Waals surface area contributed by atoms with Gasteiger partial charge in [-0.05, 0) is 29.7 Å². The molecule has 0 saturated carbocycles. The third-order valence-corrected chi connectivity index (χ3v) is 3.69. The van der Waals surface area contributed by atoms with Gasteiger partial charge in [0.05, 0.1) is 17.3 Å². The van der Waals surface area contributed by atoms with E-state index in [0.29, 0.717) is 0 Å². The highest BCUT2D eigenvalue weighted by molar-refractivity contribution is 5.78. The molecular formula is C18H18N2. The summed E-state index contributed by atoms with van der Waals surface area (Å²) in [6, 6.07) is 20.5. The van der Waals surface area contributed by atoms with Gasteiger partial charge in [-0.3, -0.25) is 4.98 Å². The van der Waals surface area contributed by atoms with Crippen molar-refractivity contribution in [2.45, 2.75) is 19.4 Å². The molecule has 1 heterocycles. The first-order valence-corrected chi connectivity index (χ1v) is 6.98. The number of aryl methyl sites for hydroxylation is 1. The molecule has 20 heavy (non-hydrogen) atoms. The lowest BCUT2D eigenvalue weighted by molar-refractivity contribution is 0.834. The SMILES string of the molecule is CCc1ccc(C(N)c2ccc3ccccc3n2)cc1. The van der Waals surface area contributed by atoms with Gasteiger partial charge in [-0.25, -0.2) is 0 Å². The normalized spacial score (nSPS) is 12.5. The van der Waals surface area contributed by atoms with E-state index in [9.17, 15) is 0 Å². The van der Waals surface area contributed by atoms with Gasteiger partial charge in [-0.1, -0.05) is 55.5 Å². The highest BCUT2D eigenvalue weighted by Gasteiger charge is 2.10. The molecule has 3 aromatic rings. The zero-order valence-corrected chi connectivity index (χ0v) is 11.6. The first kappa shape index (κ1) is 12.8. The third-order valence-electron chi connectivity index (χ3n) is 3.69. The number of rotatable bonds is 3. The zero-order valence-electron chi connectivity index (χ0n) is 11.6. The summed E-state index contributed by atoms with van der Waals surface area (Å²) in [5, 5.41) is 1.14. The fraction of sp³-hybridized carbons (Fsp3) is 0.167. The van der Waals surface area contributed by atoms with Crippen molar-refractivity contribution in [2.24, 2.45) is 5.73 Å². The fourth-order valence-electron chi connectivity index (χ4n) is 2.39. The van der Waals surface area contributed by atoms with Crippen LogP contribution in [0.2, 0.25) is 0 Å². The van der Waals surface area contributed by atoms with E-state index in [2.05, 4.69) is 48.3 Å². The Morgan fingerprint density at radius 1 is 0.950 bits per heavy atom. The first-order chi connectivity index (χ1) is 9.78. The van der Waals surface area contributed by atoms with E-state index in [4.69, 9.17) is 5.73 Å². The quantitative estimate of drug-likeness (QED) is 0.778. The van der Waals surface area contributed by atoms with Gasteiger partial charge in [-0.2, -0.15) is 0 Å². The van der Waals surface area contributed by atoms with E-state index >= 15 is 0 Å². The Kier molecular flexibility index (Phi) is 3.48. The summed E-state index contributed by atoms with van der Waals surface area (Å²) in [6.07, 6.45) is 1.05. The topological polar surface area (TPSA) is 38.9 Å². The summed E-state index contributed by atoms with van der Waals surface area (Å²) >= 11 is 0. The van der Waals surface area contributed by atoms with Crippen LogP contribution in [0, 0.1) is 0 Å². The van der Waals surface area contributed by atoms with Crippen LogP contribution in [-0.2, 0) is 6.42 Å². The predicted octanol–water partition coefficient (Wildman–Crippen LogP) is 3.85. The van der Waals surface area contributed by atoms with E-state index in [-0.39, 0.29) is 6.04 Å². The van der Waals surface area contributed by atoms with Gasteiger partial charge in [0.1, 0.15) is 0 Å². The van der Waals surface area contributed by atoms with Crippen LogP contribution in [-0.4, -0.2) is 4.98 Å². The second kappa shape index (κ2) is 5.43. The van der Waals surface area contributed by atoms with Crippen LogP contribution in [0.3, 0.4) is 0 Å². The standard InChI is InChI=1S/C18H18N2/c1-2-13-7-9-15(10-8-13)18(19)17-12-11-14-5-3-4-6-16(14)20-17/h3-12,18H,2,19H2,1H3. The summed E-state index contributed by atoms with van der Waals surface area (Å²) < 4.78 is 0. The third kappa shape index (κ3) is 2.43. The second-order valence-electron chi connectivity index (χ2n) is 5.00. The molecule has 0 bridgehead atoms. The Bertz CT molecular complexity index is 717. The summed E-state index contributed by atoms with van der Waals surface area (Å²) in [4.78, 5) is 4.67. The second-order valence-corrected chi connectivity index (χ2v) is 5.00. The first-order valence-electron chi connectivity index (χ1n) is 6.98. The van der Waals surface area contributed by atoms with Crippen molar-refractivity contribution in [1.82, 2.24) is 4.98 Å². The molecule has 1 unspecified atom stereocenters. The Morgan fingerprint density at radius 2 is 1.70 bits per heavy atom. The maximum absolute atomic E-state index is 6.34. The van der Waals surface area contributed by atoms with Crippen LogP contribution >= 0.6 is 0 Å². The van der Waals surface area contributed by atoms with E-state index in [0.717, 1.165) is 28.6 Å². The number of para-hydroxylation sites is 1. The zero-order chi connectivity index (χ0) is 13.9.